The first-order chi connectivity index (χ1) is 20.4. The van der Waals surface area contributed by atoms with Crippen molar-refractivity contribution in [3.63, 3.8) is 0 Å². The van der Waals surface area contributed by atoms with Gasteiger partial charge in [0.1, 0.15) is 11.6 Å². The number of benzene rings is 3. The van der Waals surface area contributed by atoms with Crippen LogP contribution in [0.15, 0.2) is 96.1 Å². The van der Waals surface area contributed by atoms with Crippen LogP contribution in [-0.2, 0) is 4.79 Å². The van der Waals surface area contributed by atoms with E-state index in [9.17, 15) is 14.4 Å². The lowest BCUT2D eigenvalue weighted by atomic mass is 9.97. The number of rotatable bonds is 7. The van der Waals surface area contributed by atoms with Gasteiger partial charge in [-0.25, -0.2) is 0 Å². The smallest absolute Gasteiger partial charge is 0.274 e. The molecule has 210 valence electrons. The van der Waals surface area contributed by atoms with Crippen LogP contribution in [0.4, 0.5) is 22.7 Å². The standard InChI is InChI=1S/C33H30N6O3/c1-38-15-17-39(18-16-38)26-11-9-24(10-12-26)35-21-28-27-13-8-23(20-30(27)37-32(28)41)31(40)22-5-4-6-25(19-22)36-33(42)29-7-2-3-14-34-29/h2-14,19-21,28H,15-18H2,1H3,(H,36,42)(H,37,41). The van der Waals surface area contributed by atoms with Gasteiger partial charge in [0.25, 0.3) is 5.91 Å². The molecule has 9 nitrogen and oxygen atoms in total. The SMILES string of the molecule is CN1CCN(c2ccc(N=CC3C(=O)Nc4cc(C(=O)c5cccc(NC(=O)c6ccccn6)c5)ccc43)cc2)CC1. The molecule has 3 aromatic carbocycles. The monoisotopic (exact) mass is 558 g/mol. The molecule has 0 aliphatic carbocycles. The van der Waals surface area contributed by atoms with Crippen molar-refractivity contribution in [3.05, 3.63) is 114 Å². The highest BCUT2D eigenvalue weighted by Crippen LogP contribution is 2.33. The number of hydrogen-bond acceptors (Lipinski definition) is 7. The van der Waals surface area contributed by atoms with Crippen molar-refractivity contribution >= 4 is 46.6 Å². The third-order valence-electron chi connectivity index (χ3n) is 7.56. The zero-order valence-corrected chi connectivity index (χ0v) is 23.2. The predicted molar refractivity (Wildman–Crippen MR) is 164 cm³/mol. The van der Waals surface area contributed by atoms with Crippen LogP contribution >= 0.6 is 0 Å². The Morgan fingerprint density at radius 1 is 0.929 bits per heavy atom. The Morgan fingerprint density at radius 3 is 2.48 bits per heavy atom. The van der Waals surface area contributed by atoms with Crippen molar-refractivity contribution in [2.75, 3.05) is 48.8 Å². The number of amides is 2. The Kier molecular flexibility index (Phi) is 7.57. The van der Waals surface area contributed by atoms with Gasteiger partial charge >= 0.3 is 0 Å². The molecule has 1 unspecified atom stereocenters. The first-order valence-corrected chi connectivity index (χ1v) is 13.8. The van der Waals surface area contributed by atoms with E-state index in [4.69, 9.17) is 0 Å². The van der Waals surface area contributed by atoms with E-state index in [0.717, 1.165) is 37.4 Å². The highest BCUT2D eigenvalue weighted by molar-refractivity contribution is 6.15. The number of carbonyl (C=O) groups excluding carboxylic acids is 3. The van der Waals surface area contributed by atoms with E-state index in [1.54, 1.807) is 73.1 Å². The van der Waals surface area contributed by atoms with E-state index >= 15 is 0 Å². The number of piperazine rings is 1. The third kappa shape index (κ3) is 5.82. The average molecular weight is 559 g/mol. The van der Waals surface area contributed by atoms with Gasteiger partial charge in [0, 0.05) is 66.8 Å². The summed E-state index contributed by atoms with van der Waals surface area (Å²) in [5.74, 6) is -1.32. The van der Waals surface area contributed by atoms with E-state index in [2.05, 4.69) is 49.6 Å². The number of nitrogens with one attached hydrogen (secondary N) is 2. The Morgan fingerprint density at radius 2 is 1.71 bits per heavy atom. The van der Waals surface area contributed by atoms with E-state index in [1.165, 1.54) is 5.69 Å². The number of anilines is 3. The van der Waals surface area contributed by atoms with E-state index in [-0.39, 0.29) is 23.3 Å². The summed E-state index contributed by atoms with van der Waals surface area (Å²) >= 11 is 0. The molecule has 0 spiro atoms. The van der Waals surface area contributed by atoms with E-state index in [0.29, 0.717) is 22.5 Å². The summed E-state index contributed by atoms with van der Waals surface area (Å²) in [6.45, 7) is 4.08. The minimum absolute atomic E-state index is 0.188. The van der Waals surface area contributed by atoms with Crippen LogP contribution in [0.3, 0.4) is 0 Å². The lowest BCUT2D eigenvalue weighted by Gasteiger charge is -2.34. The van der Waals surface area contributed by atoms with Crippen molar-refractivity contribution in [3.8, 4) is 0 Å². The zero-order valence-electron chi connectivity index (χ0n) is 23.2. The fourth-order valence-electron chi connectivity index (χ4n) is 5.15. The van der Waals surface area contributed by atoms with E-state index in [1.807, 2.05) is 12.1 Å². The molecule has 0 radical (unpaired) electrons. The number of hydrogen-bond donors (Lipinski definition) is 2. The summed E-state index contributed by atoms with van der Waals surface area (Å²) in [5, 5.41) is 5.66. The average Bonchev–Trinajstić information content (AvgIpc) is 3.34. The van der Waals surface area contributed by atoms with Gasteiger partial charge < -0.3 is 20.4 Å². The lowest BCUT2D eigenvalue weighted by molar-refractivity contribution is -0.115. The Hall–Kier alpha value is -5.15. The van der Waals surface area contributed by atoms with Gasteiger partial charge in [-0.3, -0.25) is 24.4 Å². The molecule has 0 saturated carbocycles. The van der Waals surface area contributed by atoms with Crippen LogP contribution in [0.1, 0.15) is 37.9 Å². The van der Waals surface area contributed by atoms with Gasteiger partial charge in [0.2, 0.25) is 5.91 Å². The lowest BCUT2D eigenvalue weighted by Crippen LogP contribution is -2.44. The predicted octanol–water partition coefficient (Wildman–Crippen LogP) is 4.75. The molecule has 9 heteroatoms. The van der Waals surface area contributed by atoms with Gasteiger partial charge in [-0.05, 0) is 67.2 Å². The van der Waals surface area contributed by atoms with Gasteiger partial charge in [0.05, 0.1) is 5.69 Å². The molecule has 42 heavy (non-hydrogen) atoms. The molecule has 1 aromatic heterocycles. The van der Waals surface area contributed by atoms with Crippen molar-refractivity contribution in [1.29, 1.82) is 0 Å². The molecule has 2 amide bonds. The molecule has 2 aliphatic rings. The largest absolute Gasteiger partial charge is 0.369 e. The Labute approximate surface area is 243 Å². The van der Waals surface area contributed by atoms with Crippen LogP contribution in [0.5, 0.6) is 0 Å². The topological polar surface area (TPSA) is 107 Å². The van der Waals surface area contributed by atoms with Crippen LogP contribution in [0, 0.1) is 0 Å². The Balaban J connectivity index is 1.14. The first-order valence-electron chi connectivity index (χ1n) is 13.8. The fourth-order valence-corrected chi connectivity index (χ4v) is 5.15. The van der Waals surface area contributed by atoms with Crippen molar-refractivity contribution in [2.24, 2.45) is 4.99 Å². The third-order valence-corrected chi connectivity index (χ3v) is 7.56. The van der Waals surface area contributed by atoms with Crippen LogP contribution in [-0.4, -0.2) is 66.9 Å². The van der Waals surface area contributed by atoms with Crippen LogP contribution < -0.4 is 15.5 Å². The molecule has 1 fully saturated rings. The molecular formula is C33H30N6O3. The number of ketones is 1. The first kappa shape index (κ1) is 27.0. The molecular weight excluding hydrogens is 528 g/mol. The van der Waals surface area contributed by atoms with Crippen LogP contribution in [0.25, 0.3) is 0 Å². The minimum atomic E-state index is -0.549. The maximum absolute atomic E-state index is 13.3. The molecule has 6 rings (SSSR count). The van der Waals surface area contributed by atoms with Crippen LogP contribution in [0.2, 0.25) is 0 Å². The maximum Gasteiger partial charge on any atom is 0.274 e. The summed E-state index contributed by atoms with van der Waals surface area (Å²) in [6, 6.07) is 25.1. The molecule has 2 aliphatic heterocycles. The number of likely N-dealkylation sites (N-methyl/N-ethyl adjacent to an activating group) is 1. The quantitative estimate of drug-likeness (QED) is 0.250. The highest BCUT2D eigenvalue weighted by Gasteiger charge is 2.30. The van der Waals surface area contributed by atoms with Crippen molar-refractivity contribution in [2.45, 2.75) is 5.92 Å². The number of aliphatic imine (C=N–C) groups is 1. The van der Waals surface area contributed by atoms with Gasteiger partial charge in [-0.2, -0.15) is 0 Å². The van der Waals surface area contributed by atoms with Crippen molar-refractivity contribution < 1.29 is 14.4 Å². The second-order valence-electron chi connectivity index (χ2n) is 10.4. The summed E-state index contributed by atoms with van der Waals surface area (Å²) in [7, 11) is 2.14. The number of aromatic nitrogens is 1. The Bertz CT molecular complexity index is 1660. The summed E-state index contributed by atoms with van der Waals surface area (Å²) in [5.41, 5.74) is 4.91. The number of pyridine rings is 1. The second kappa shape index (κ2) is 11.8. The number of carbonyl (C=O) groups is 3. The zero-order chi connectivity index (χ0) is 29.1. The minimum Gasteiger partial charge on any atom is -0.369 e. The van der Waals surface area contributed by atoms with Gasteiger partial charge in [-0.15, -0.1) is 0 Å². The van der Waals surface area contributed by atoms with E-state index < -0.39 is 5.92 Å². The van der Waals surface area contributed by atoms with Crippen molar-refractivity contribution in [1.82, 2.24) is 9.88 Å². The normalized spacial score (nSPS) is 16.7. The molecule has 2 N–H and O–H groups in total. The molecule has 0 bridgehead atoms. The number of fused-ring (bicyclic) bond motifs is 1. The maximum atomic E-state index is 13.3. The van der Waals surface area contributed by atoms with Gasteiger partial charge in [-0.1, -0.05) is 30.3 Å². The molecule has 3 heterocycles. The summed E-state index contributed by atoms with van der Waals surface area (Å²) in [6.07, 6.45) is 3.20. The fraction of sp³-hybridized carbons (Fsp3) is 0.182. The highest BCUT2D eigenvalue weighted by atomic mass is 16.2. The molecule has 1 atom stereocenters. The number of nitrogens with zero attached hydrogens (tertiary/aromatic N) is 4. The molecule has 1 saturated heterocycles. The summed E-state index contributed by atoms with van der Waals surface area (Å²) in [4.78, 5) is 51.9. The van der Waals surface area contributed by atoms with Gasteiger partial charge in [0.15, 0.2) is 5.78 Å². The molecule has 4 aromatic rings. The summed E-state index contributed by atoms with van der Waals surface area (Å²) < 4.78 is 0. The second-order valence-corrected chi connectivity index (χ2v) is 10.4.